The fourth-order valence-electron chi connectivity index (χ4n) is 10.4. The largest absolute Gasteiger partial charge is 0.308 e. The minimum atomic E-state index is -0.0870. The van der Waals surface area contributed by atoms with E-state index in [4.69, 9.17) is 4.98 Å². The zero-order chi connectivity index (χ0) is 41.9. The van der Waals surface area contributed by atoms with Gasteiger partial charge in [-0.1, -0.05) is 129 Å². The second-order valence-electron chi connectivity index (χ2n) is 20.6. The number of hydrogen-bond acceptors (Lipinski definition) is 2. The van der Waals surface area contributed by atoms with Crippen LogP contribution in [0.4, 0.5) is 17.1 Å². The zero-order valence-electron chi connectivity index (χ0n) is 36.6. The van der Waals surface area contributed by atoms with E-state index < -0.39 is 0 Å². The molecule has 5 aromatic heterocycles. The summed E-state index contributed by atoms with van der Waals surface area (Å²) in [4.78, 5) is 8.03. The molecule has 0 aliphatic heterocycles. The molecule has 5 heterocycles. The molecule has 0 saturated heterocycles. The van der Waals surface area contributed by atoms with Crippen molar-refractivity contribution in [3.05, 3.63) is 156 Å². The minimum absolute atomic E-state index is 0.0588. The van der Waals surface area contributed by atoms with Gasteiger partial charge in [0.1, 0.15) is 5.65 Å². The molecule has 0 bridgehead atoms. The lowest BCUT2D eigenvalue weighted by Crippen LogP contribution is -2.15. The number of pyridine rings is 1. The zero-order valence-corrected chi connectivity index (χ0v) is 36.6. The van der Waals surface area contributed by atoms with E-state index in [-0.39, 0.29) is 16.2 Å². The molecule has 7 aromatic carbocycles. The van der Waals surface area contributed by atoms with Gasteiger partial charge in [-0.15, -0.1) is 0 Å². The third-order valence-corrected chi connectivity index (χ3v) is 13.6. The maximum atomic E-state index is 5.57. The fourth-order valence-corrected chi connectivity index (χ4v) is 10.4. The summed E-state index contributed by atoms with van der Waals surface area (Å²) in [6.45, 7) is 21.1. The molecule has 4 heteroatoms. The first kappa shape index (κ1) is 36.2. The second-order valence-corrected chi connectivity index (χ2v) is 20.6. The van der Waals surface area contributed by atoms with Gasteiger partial charge >= 0.3 is 0 Å². The van der Waals surface area contributed by atoms with Crippen molar-refractivity contribution in [2.24, 2.45) is 0 Å². The van der Waals surface area contributed by atoms with Crippen molar-refractivity contribution in [1.29, 1.82) is 0 Å². The Balaban J connectivity index is 1.33. The van der Waals surface area contributed by atoms with E-state index in [1.54, 1.807) is 0 Å². The highest BCUT2D eigenvalue weighted by molar-refractivity contribution is 6.36. The average Bonchev–Trinajstić information content (AvgIpc) is 3.96. The van der Waals surface area contributed by atoms with Crippen LogP contribution < -0.4 is 4.90 Å². The number of benzene rings is 7. The molecular formula is C57H50N4. The number of fused-ring (bicyclic) bond motifs is 15. The highest BCUT2D eigenvalue weighted by atomic mass is 15.2. The van der Waals surface area contributed by atoms with Crippen LogP contribution in [0.25, 0.3) is 87.1 Å². The third-order valence-electron chi connectivity index (χ3n) is 13.6. The topological polar surface area (TPSA) is 24.9 Å². The number of hydrogen-bond donors (Lipinski definition) is 0. The molecule has 0 unspecified atom stereocenters. The highest BCUT2D eigenvalue weighted by Crippen LogP contribution is 2.52. The molecule has 0 spiro atoms. The molecule has 0 N–H and O–H groups in total. The highest BCUT2D eigenvalue weighted by Gasteiger charge is 2.31. The summed E-state index contributed by atoms with van der Waals surface area (Å²) in [5.74, 6) is 0. The molecule has 0 aliphatic carbocycles. The summed E-state index contributed by atoms with van der Waals surface area (Å²) in [6.07, 6.45) is 2.18. The van der Waals surface area contributed by atoms with Crippen molar-refractivity contribution < 1.29 is 0 Å². The van der Waals surface area contributed by atoms with E-state index in [1.807, 2.05) is 0 Å². The van der Waals surface area contributed by atoms with Gasteiger partial charge in [-0.05, 0) is 110 Å². The summed E-state index contributed by atoms with van der Waals surface area (Å²) in [6, 6.07) is 50.0. The van der Waals surface area contributed by atoms with E-state index in [2.05, 4.69) is 216 Å². The molecule has 0 atom stereocenters. The van der Waals surface area contributed by atoms with Crippen LogP contribution in [-0.4, -0.2) is 13.8 Å². The third kappa shape index (κ3) is 4.96. The average molecular weight is 791 g/mol. The van der Waals surface area contributed by atoms with Crippen molar-refractivity contribution in [2.75, 3.05) is 4.90 Å². The van der Waals surface area contributed by atoms with Gasteiger partial charge in [0, 0.05) is 54.5 Å². The minimum Gasteiger partial charge on any atom is -0.308 e. The van der Waals surface area contributed by atoms with E-state index in [1.165, 1.54) is 92.6 Å². The van der Waals surface area contributed by atoms with Crippen LogP contribution in [0.3, 0.4) is 0 Å². The van der Waals surface area contributed by atoms with Gasteiger partial charge < -0.3 is 9.30 Å². The Kier molecular flexibility index (Phi) is 7.13. The Hall–Kier alpha value is -6.65. The van der Waals surface area contributed by atoms with Gasteiger partial charge in [-0.2, -0.15) is 0 Å². The lowest BCUT2D eigenvalue weighted by atomic mass is 9.83. The molecule has 12 rings (SSSR count). The Labute approximate surface area is 356 Å². The number of nitrogens with zero attached hydrogens (tertiary/aromatic N) is 4. The molecule has 0 amide bonds. The molecule has 298 valence electrons. The van der Waals surface area contributed by atoms with Crippen molar-refractivity contribution in [1.82, 2.24) is 13.8 Å². The maximum absolute atomic E-state index is 5.57. The Bertz CT molecular complexity index is 3690. The van der Waals surface area contributed by atoms with Gasteiger partial charge in [0.2, 0.25) is 0 Å². The Morgan fingerprint density at radius 2 is 0.902 bits per heavy atom. The van der Waals surface area contributed by atoms with E-state index in [0.717, 1.165) is 28.2 Å². The summed E-state index contributed by atoms with van der Waals surface area (Å²) in [7, 11) is 0. The first-order valence-corrected chi connectivity index (χ1v) is 21.8. The lowest BCUT2D eigenvalue weighted by Gasteiger charge is -2.29. The monoisotopic (exact) mass is 790 g/mol. The maximum Gasteiger partial charge on any atom is 0.146 e. The van der Waals surface area contributed by atoms with E-state index >= 15 is 0 Å². The Morgan fingerprint density at radius 1 is 0.410 bits per heavy atom. The molecule has 0 saturated carbocycles. The summed E-state index contributed by atoms with van der Waals surface area (Å²) in [5, 5.41) is 12.8. The van der Waals surface area contributed by atoms with Crippen LogP contribution in [0.5, 0.6) is 0 Å². The Morgan fingerprint density at radius 3 is 1.51 bits per heavy atom. The molecule has 12 aromatic rings. The van der Waals surface area contributed by atoms with Gasteiger partial charge in [0.05, 0.1) is 39.5 Å². The van der Waals surface area contributed by atoms with Crippen molar-refractivity contribution in [2.45, 2.75) is 78.6 Å². The summed E-state index contributed by atoms with van der Waals surface area (Å²) >= 11 is 0. The van der Waals surface area contributed by atoms with E-state index in [9.17, 15) is 0 Å². The predicted molar refractivity (Wildman–Crippen MR) is 262 cm³/mol. The lowest BCUT2D eigenvalue weighted by molar-refractivity contribution is 0.591. The summed E-state index contributed by atoms with van der Waals surface area (Å²) in [5.41, 5.74) is 14.3. The van der Waals surface area contributed by atoms with Crippen LogP contribution in [0.1, 0.15) is 79.0 Å². The van der Waals surface area contributed by atoms with Crippen LogP contribution >= 0.6 is 0 Å². The van der Waals surface area contributed by atoms with Gasteiger partial charge in [-0.25, -0.2) is 4.98 Å². The molecule has 0 aliphatic rings. The smallest absolute Gasteiger partial charge is 0.146 e. The van der Waals surface area contributed by atoms with Gasteiger partial charge in [0.15, 0.2) is 0 Å². The van der Waals surface area contributed by atoms with Crippen molar-refractivity contribution in [3.8, 4) is 0 Å². The number of aromatic nitrogens is 3. The second kappa shape index (κ2) is 12.0. The molecular weight excluding hydrogens is 741 g/mol. The first-order valence-electron chi connectivity index (χ1n) is 21.8. The molecule has 4 nitrogen and oxygen atoms in total. The number of rotatable bonds is 3. The molecule has 0 radical (unpaired) electrons. The van der Waals surface area contributed by atoms with E-state index in [0.29, 0.717) is 0 Å². The standard InChI is InChI=1S/C57H50N4/c1-55(2,3)34-26-40-41-27-36(57(7,8)9)31-46(59(37-19-12-10-13-20-37)38-21-14-11-15-22-38)53(41)60-47-32-58-54-50(49(47)43(29-34)51(40)60)44-30-35(56(4,5)6)28-42-48-39-23-17-16-18-33(39)24-25-45(48)61(54)52(42)44/h10-32H,1-9H3. The molecule has 61 heavy (non-hydrogen) atoms. The number of anilines is 3. The van der Waals surface area contributed by atoms with Crippen LogP contribution in [-0.2, 0) is 16.2 Å². The van der Waals surface area contributed by atoms with Crippen molar-refractivity contribution >= 4 is 104 Å². The fraction of sp³-hybridized carbons (Fsp3) is 0.211. The van der Waals surface area contributed by atoms with Crippen molar-refractivity contribution in [3.63, 3.8) is 0 Å². The predicted octanol–water partition coefficient (Wildman–Crippen LogP) is 15.9. The summed E-state index contributed by atoms with van der Waals surface area (Å²) < 4.78 is 5.04. The quantitative estimate of drug-likeness (QED) is 0.178. The molecule has 0 fully saturated rings. The van der Waals surface area contributed by atoms with Crippen LogP contribution in [0.15, 0.2) is 140 Å². The normalized spacial score (nSPS) is 13.3. The van der Waals surface area contributed by atoms with Gasteiger partial charge in [0.25, 0.3) is 0 Å². The number of para-hydroxylation sites is 2. The van der Waals surface area contributed by atoms with Gasteiger partial charge in [-0.3, -0.25) is 4.40 Å². The van der Waals surface area contributed by atoms with Crippen LogP contribution in [0, 0.1) is 0 Å². The SMILES string of the molecule is CC(C)(C)c1cc(N(c2ccccc2)c2ccccc2)c2c(c1)c1cc(C(C)(C)C)cc3c4c5c6cc(C(C)(C)C)cc7c8c9ccccc9ccc8n(c5ncc4n2c13)c76. The van der Waals surface area contributed by atoms with Crippen LogP contribution in [0.2, 0.25) is 0 Å². The first-order chi connectivity index (χ1) is 29.2.